The molecular formula is C13H11BrN2OS2. The van der Waals surface area contributed by atoms with Gasteiger partial charge in [-0.15, -0.1) is 11.3 Å². The van der Waals surface area contributed by atoms with Gasteiger partial charge in [0.15, 0.2) is 0 Å². The number of thiophene rings is 1. The van der Waals surface area contributed by atoms with Crippen LogP contribution in [0.2, 0.25) is 0 Å². The van der Waals surface area contributed by atoms with Gasteiger partial charge in [0.1, 0.15) is 4.99 Å². The predicted octanol–water partition coefficient (Wildman–Crippen LogP) is 3.42. The monoisotopic (exact) mass is 354 g/mol. The van der Waals surface area contributed by atoms with E-state index in [1.807, 2.05) is 30.3 Å². The first-order chi connectivity index (χ1) is 9.00. The molecule has 0 aliphatic rings. The predicted molar refractivity (Wildman–Crippen MR) is 87.1 cm³/mol. The Morgan fingerprint density at radius 2 is 2.00 bits per heavy atom. The molecule has 0 saturated carbocycles. The highest BCUT2D eigenvalue weighted by Crippen LogP contribution is 2.26. The van der Waals surface area contributed by atoms with Gasteiger partial charge in [-0.1, -0.05) is 24.4 Å². The summed E-state index contributed by atoms with van der Waals surface area (Å²) in [5.74, 6) is -0.0839. The van der Waals surface area contributed by atoms with Crippen LogP contribution in [0, 0.1) is 0 Å². The molecule has 1 aromatic heterocycles. The molecule has 6 heteroatoms. The molecule has 3 nitrogen and oxygen atoms in total. The molecule has 1 heterocycles. The summed E-state index contributed by atoms with van der Waals surface area (Å²) >= 11 is 9.76. The van der Waals surface area contributed by atoms with Crippen LogP contribution in [-0.4, -0.2) is 17.9 Å². The minimum atomic E-state index is -0.0839. The van der Waals surface area contributed by atoms with Crippen LogP contribution >= 0.6 is 39.5 Å². The Morgan fingerprint density at radius 1 is 1.32 bits per heavy atom. The number of nitrogens with two attached hydrogens (primary N) is 1. The highest BCUT2D eigenvalue weighted by molar-refractivity contribution is 9.11. The molecule has 1 amide bonds. The maximum absolute atomic E-state index is 12.4. The number of para-hydroxylation sites is 1. The molecule has 2 N–H and O–H groups in total. The third kappa shape index (κ3) is 3.02. The van der Waals surface area contributed by atoms with Crippen LogP contribution in [0.3, 0.4) is 0 Å². The smallest absolute Gasteiger partial charge is 0.268 e. The minimum Gasteiger partial charge on any atom is -0.389 e. The van der Waals surface area contributed by atoms with Crippen molar-refractivity contribution < 1.29 is 4.79 Å². The Balaban J connectivity index is 2.37. The average Bonchev–Trinajstić information content (AvgIpc) is 2.83. The van der Waals surface area contributed by atoms with Crippen molar-refractivity contribution in [2.45, 2.75) is 0 Å². The molecule has 2 rings (SSSR count). The fraction of sp³-hybridized carbons (Fsp3) is 0.0769. The summed E-state index contributed by atoms with van der Waals surface area (Å²) in [6.45, 7) is 0. The molecule has 0 bridgehead atoms. The number of thiocarbonyl (C=S) groups is 1. The second-order valence-corrected chi connectivity index (χ2v) is 6.75. The van der Waals surface area contributed by atoms with E-state index in [4.69, 9.17) is 18.0 Å². The van der Waals surface area contributed by atoms with Gasteiger partial charge in [-0.3, -0.25) is 4.79 Å². The van der Waals surface area contributed by atoms with Gasteiger partial charge in [-0.2, -0.15) is 0 Å². The standard InChI is InChI=1S/C13H11BrN2OS2/c1-16(13(17)10-6-7-11(14)19-10)9-5-3-2-4-8(9)12(15)18/h2-7H,1H3,(H2,15,18). The third-order valence-electron chi connectivity index (χ3n) is 2.62. The number of benzene rings is 1. The summed E-state index contributed by atoms with van der Waals surface area (Å²) in [5.41, 5.74) is 7.09. The molecule has 0 radical (unpaired) electrons. The zero-order valence-corrected chi connectivity index (χ0v) is 13.3. The third-order valence-corrected chi connectivity index (χ3v) is 4.45. The highest BCUT2D eigenvalue weighted by Gasteiger charge is 2.18. The van der Waals surface area contributed by atoms with Gasteiger partial charge >= 0.3 is 0 Å². The van der Waals surface area contributed by atoms with E-state index in [2.05, 4.69) is 15.9 Å². The van der Waals surface area contributed by atoms with Crippen molar-refractivity contribution >= 4 is 56.1 Å². The van der Waals surface area contributed by atoms with Gasteiger partial charge in [0.25, 0.3) is 5.91 Å². The number of hydrogen-bond acceptors (Lipinski definition) is 3. The second kappa shape index (κ2) is 5.81. The highest BCUT2D eigenvalue weighted by atomic mass is 79.9. The van der Waals surface area contributed by atoms with Gasteiger partial charge in [-0.05, 0) is 40.2 Å². The van der Waals surface area contributed by atoms with Crippen molar-refractivity contribution in [3.63, 3.8) is 0 Å². The Kier molecular flexibility index (Phi) is 4.34. The summed E-state index contributed by atoms with van der Waals surface area (Å²) in [6.07, 6.45) is 0. The molecular weight excluding hydrogens is 344 g/mol. The van der Waals surface area contributed by atoms with Gasteiger partial charge in [0, 0.05) is 12.6 Å². The molecule has 0 unspecified atom stereocenters. The minimum absolute atomic E-state index is 0.0839. The van der Waals surface area contributed by atoms with E-state index in [9.17, 15) is 4.79 Å². The fourth-order valence-corrected chi connectivity index (χ4v) is 3.21. The van der Waals surface area contributed by atoms with Crippen LogP contribution in [-0.2, 0) is 0 Å². The fourth-order valence-electron chi connectivity index (χ4n) is 1.68. The number of carbonyl (C=O) groups excluding carboxylic acids is 1. The van der Waals surface area contributed by atoms with Gasteiger partial charge in [-0.25, -0.2) is 0 Å². The second-order valence-electron chi connectivity index (χ2n) is 3.85. The van der Waals surface area contributed by atoms with E-state index >= 15 is 0 Å². The van der Waals surface area contributed by atoms with Crippen molar-refractivity contribution in [2.75, 3.05) is 11.9 Å². The van der Waals surface area contributed by atoms with E-state index in [1.54, 1.807) is 18.0 Å². The Morgan fingerprint density at radius 3 is 2.58 bits per heavy atom. The number of nitrogens with zero attached hydrogens (tertiary/aromatic N) is 1. The van der Waals surface area contributed by atoms with Crippen LogP contribution in [0.1, 0.15) is 15.2 Å². The Bertz CT molecular complexity index is 639. The van der Waals surface area contributed by atoms with Crippen LogP contribution in [0.15, 0.2) is 40.2 Å². The molecule has 0 saturated heterocycles. The molecule has 1 aromatic carbocycles. The van der Waals surface area contributed by atoms with Gasteiger partial charge in [0.05, 0.1) is 14.4 Å². The first-order valence-electron chi connectivity index (χ1n) is 5.43. The molecule has 2 aromatic rings. The quantitative estimate of drug-likeness (QED) is 0.859. The van der Waals surface area contributed by atoms with Gasteiger partial charge in [0.2, 0.25) is 0 Å². The van der Waals surface area contributed by atoms with Crippen molar-refractivity contribution in [3.05, 3.63) is 50.6 Å². The number of amides is 1. The first kappa shape index (κ1) is 14.2. The first-order valence-corrected chi connectivity index (χ1v) is 7.44. The summed E-state index contributed by atoms with van der Waals surface area (Å²) in [5, 5.41) is 0. The van der Waals surface area contributed by atoms with Crippen LogP contribution in [0.4, 0.5) is 5.69 Å². The summed E-state index contributed by atoms with van der Waals surface area (Å²) in [4.78, 5) is 14.9. The Hall–Kier alpha value is -1.24. The SMILES string of the molecule is CN(C(=O)c1ccc(Br)s1)c1ccccc1C(N)=S. The Labute approximate surface area is 129 Å². The lowest BCUT2D eigenvalue weighted by Crippen LogP contribution is -2.28. The van der Waals surface area contributed by atoms with E-state index in [1.165, 1.54) is 11.3 Å². The zero-order chi connectivity index (χ0) is 14.0. The van der Waals surface area contributed by atoms with E-state index in [0.29, 0.717) is 16.1 Å². The average molecular weight is 355 g/mol. The zero-order valence-electron chi connectivity index (χ0n) is 10.1. The van der Waals surface area contributed by atoms with E-state index < -0.39 is 0 Å². The lowest BCUT2D eigenvalue weighted by atomic mass is 10.1. The number of hydrogen-bond donors (Lipinski definition) is 1. The molecule has 0 aliphatic carbocycles. The largest absolute Gasteiger partial charge is 0.389 e. The lowest BCUT2D eigenvalue weighted by molar-refractivity contribution is 0.0997. The summed E-state index contributed by atoms with van der Waals surface area (Å²) in [6, 6.07) is 11.0. The number of rotatable bonds is 3. The van der Waals surface area contributed by atoms with Crippen molar-refractivity contribution in [1.82, 2.24) is 0 Å². The summed E-state index contributed by atoms with van der Waals surface area (Å²) < 4.78 is 0.923. The maximum atomic E-state index is 12.4. The molecule has 0 spiro atoms. The van der Waals surface area contributed by atoms with E-state index in [0.717, 1.165) is 3.79 Å². The molecule has 0 fully saturated rings. The van der Waals surface area contributed by atoms with Crippen LogP contribution in [0.25, 0.3) is 0 Å². The van der Waals surface area contributed by atoms with Crippen molar-refractivity contribution in [3.8, 4) is 0 Å². The molecule has 19 heavy (non-hydrogen) atoms. The summed E-state index contributed by atoms with van der Waals surface area (Å²) in [7, 11) is 1.72. The van der Waals surface area contributed by atoms with Crippen molar-refractivity contribution in [2.24, 2.45) is 5.73 Å². The van der Waals surface area contributed by atoms with Crippen molar-refractivity contribution in [1.29, 1.82) is 0 Å². The number of anilines is 1. The van der Waals surface area contributed by atoms with Crippen LogP contribution in [0.5, 0.6) is 0 Å². The normalized spacial score (nSPS) is 10.2. The molecule has 0 aliphatic heterocycles. The molecule has 0 atom stereocenters. The number of halogens is 1. The maximum Gasteiger partial charge on any atom is 0.268 e. The van der Waals surface area contributed by atoms with Gasteiger partial charge < -0.3 is 10.6 Å². The number of carbonyl (C=O) groups is 1. The van der Waals surface area contributed by atoms with Crippen LogP contribution < -0.4 is 10.6 Å². The topological polar surface area (TPSA) is 46.3 Å². The van der Waals surface area contributed by atoms with E-state index in [-0.39, 0.29) is 10.9 Å². The lowest BCUT2D eigenvalue weighted by Gasteiger charge is -2.19. The molecule has 98 valence electrons.